The summed E-state index contributed by atoms with van der Waals surface area (Å²) in [6.45, 7) is 0.256. The molecule has 0 aromatic heterocycles. The number of terminal acetylenes is 1. The lowest BCUT2D eigenvalue weighted by atomic mass is 10.0. The molecule has 0 radical (unpaired) electrons. The smallest absolute Gasteiger partial charge is 0.297 e. The van der Waals surface area contributed by atoms with Gasteiger partial charge in [0, 0.05) is 18.4 Å². The number of fused-ring (bicyclic) bond motifs is 1. The van der Waals surface area contributed by atoms with Crippen molar-refractivity contribution in [1.82, 2.24) is 5.32 Å². The zero-order valence-electron chi connectivity index (χ0n) is 12.2. The highest BCUT2D eigenvalue weighted by atomic mass is 16.7. The van der Waals surface area contributed by atoms with E-state index in [2.05, 4.69) is 23.1 Å². The molecule has 0 bridgehead atoms. The Morgan fingerprint density at radius 1 is 1.27 bits per heavy atom. The third-order valence-corrected chi connectivity index (χ3v) is 2.88. The van der Waals surface area contributed by atoms with E-state index in [1.165, 1.54) is 0 Å². The van der Waals surface area contributed by atoms with Crippen LogP contribution in [0.25, 0.3) is 10.8 Å². The number of rotatable bonds is 4. The van der Waals surface area contributed by atoms with Gasteiger partial charge in [0.25, 0.3) is 5.91 Å². The van der Waals surface area contributed by atoms with Crippen molar-refractivity contribution in [2.45, 2.75) is 0 Å². The van der Waals surface area contributed by atoms with Gasteiger partial charge in [0.1, 0.15) is 5.75 Å². The van der Waals surface area contributed by atoms with Gasteiger partial charge in [0.2, 0.25) is 0 Å². The van der Waals surface area contributed by atoms with Crippen molar-refractivity contribution in [3.8, 4) is 29.9 Å². The van der Waals surface area contributed by atoms with Gasteiger partial charge in [-0.1, -0.05) is 42.2 Å². The summed E-state index contributed by atoms with van der Waals surface area (Å²) in [6.07, 6.45) is 5.09. The Bertz CT molecular complexity index is 778. The summed E-state index contributed by atoms with van der Waals surface area (Å²) in [5, 5.41) is 4.42. The first-order valence-corrected chi connectivity index (χ1v) is 6.63. The lowest BCUT2D eigenvalue weighted by Crippen LogP contribution is -2.21. The number of hydrogen-bond acceptors (Lipinski definition) is 3. The molecule has 0 aliphatic carbocycles. The molecule has 0 saturated carbocycles. The third kappa shape index (κ3) is 3.79. The molecule has 0 saturated heterocycles. The van der Waals surface area contributed by atoms with Crippen LogP contribution in [0, 0.1) is 24.2 Å². The van der Waals surface area contributed by atoms with Gasteiger partial charge in [0.05, 0.1) is 12.1 Å². The number of hydrogen-bond donors (Lipinski definition) is 1. The topological polar surface area (TPSA) is 47.6 Å². The van der Waals surface area contributed by atoms with E-state index < -0.39 is 5.91 Å². The van der Waals surface area contributed by atoms with Crippen molar-refractivity contribution in [3.63, 3.8) is 0 Å². The second kappa shape index (κ2) is 7.73. The monoisotopic (exact) mass is 293 g/mol. The molecular formula is C18H15NO3. The zero-order valence-corrected chi connectivity index (χ0v) is 12.2. The van der Waals surface area contributed by atoms with Crippen molar-refractivity contribution in [1.29, 1.82) is 0 Å². The highest BCUT2D eigenvalue weighted by Crippen LogP contribution is 2.27. The van der Waals surface area contributed by atoms with E-state index in [0.29, 0.717) is 11.3 Å². The molecular weight excluding hydrogens is 278 g/mol. The highest BCUT2D eigenvalue weighted by Gasteiger charge is 2.07. The minimum absolute atomic E-state index is 0.107. The number of ether oxygens (including phenoxy) is 2. The predicted octanol–water partition coefficient (Wildman–Crippen LogP) is 1.92. The SMILES string of the molecule is C#CCNC(=O)C#Cc1c(OCOC)ccc2ccccc12. The Morgan fingerprint density at radius 3 is 2.86 bits per heavy atom. The minimum Gasteiger partial charge on any atom is -0.466 e. The largest absolute Gasteiger partial charge is 0.466 e. The molecule has 0 heterocycles. The second-order valence-corrected chi connectivity index (χ2v) is 4.35. The van der Waals surface area contributed by atoms with Crippen LogP contribution in [-0.2, 0) is 9.53 Å². The van der Waals surface area contributed by atoms with E-state index in [9.17, 15) is 4.79 Å². The summed E-state index contributed by atoms with van der Waals surface area (Å²) in [5.74, 6) is 7.85. The molecule has 4 nitrogen and oxygen atoms in total. The maximum atomic E-state index is 11.6. The lowest BCUT2D eigenvalue weighted by Gasteiger charge is -2.09. The van der Waals surface area contributed by atoms with Gasteiger partial charge < -0.3 is 14.8 Å². The number of nitrogens with one attached hydrogen (secondary N) is 1. The molecule has 0 spiro atoms. The van der Waals surface area contributed by atoms with Crippen LogP contribution in [0.15, 0.2) is 36.4 Å². The van der Waals surface area contributed by atoms with Crippen LogP contribution in [0.1, 0.15) is 5.56 Å². The van der Waals surface area contributed by atoms with Crippen molar-refractivity contribution in [2.75, 3.05) is 20.4 Å². The Morgan fingerprint density at radius 2 is 2.09 bits per heavy atom. The summed E-state index contributed by atoms with van der Waals surface area (Å²) < 4.78 is 10.4. The predicted molar refractivity (Wildman–Crippen MR) is 85.2 cm³/mol. The van der Waals surface area contributed by atoms with E-state index in [-0.39, 0.29) is 13.3 Å². The van der Waals surface area contributed by atoms with Crippen molar-refractivity contribution < 1.29 is 14.3 Å². The summed E-state index contributed by atoms with van der Waals surface area (Å²) in [7, 11) is 1.54. The van der Waals surface area contributed by atoms with Crippen LogP contribution in [0.3, 0.4) is 0 Å². The first-order chi connectivity index (χ1) is 10.8. The Hall–Kier alpha value is -2.95. The lowest BCUT2D eigenvalue weighted by molar-refractivity contribution is -0.115. The number of amides is 1. The van der Waals surface area contributed by atoms with E-state index in [0.717, 1.165) is 10.8 Å². The molecule has 2 aromatic rings. The maximum absolute atomic E-state index is 11.6. The molecule has 1 amide bonds. The first kappa shape index (κ1) is 15.4. The molecule has 0 unspecified atom stereocenters. The Balaban J connectivity index is 2.42. The van der Waals surface area contributed by atoms with Crippen LogP contribution >= 0.6 is 0 Å². The van der Waals surface area contributed by atoms with E-state index in [1.807, 2.05) is 36.4 Å². The molecule has 22 heavy (non-hydrogen) atoms. The summed E-state index contributed by atoms with van der Waals surface area (Å²) in [5.41, 5.74) is 0.644. The Kier molecular flexibility index (Phi) is 5.43. The second-order valence-electron chi connectivity index (χ2n) is 4.35. The molecule has 1 N–H and O–H groups in total. The third-order valence-electron chi connectivity index (χ3n) is 2.88. The van der Waals surface area contributed by atoms with Crippen molar-refractivity contribution in [3.05, 3.63) is 42.0 Å². The van der Waals surface area contributed by atoms with Gasteiger partial charge in [-0.05, 0) is 11.5 Å². The quantitative estimate of drug-likeness (QED) is 0.692. The van der Waals surface area contributed by atoms with Crippen LogP contribution in [-0.4, -0.2) is 26.4 Å². The molecule has 4 heteroatoms. The van der Waals surface area contributed by atoms with Gasteiger partial charge in [-0.2, -0.15) is 0 Å². The average molecular weight is 293 g/mol. The van der Waals surface area contributed by atoms with Crippen molar-refractivity contribution in [2.24, 2.45) is 0 Å². The number of methoxy groups -OCH3 is 1. The Labute approximate surface area is 129 Å². The standard InChI is InChI=1S/C18H15NO3/c1-3-12-19-18(20)11-9-16-15-7-5-4-6-14(15)8-10-17(16)22-13-21-2/h1,4-8,10H,12-13H2,2H3,(H,19,20). The van der Waals surface area contributed by atoms with Crippen LogP contribution in [0.5, 0.6) is 5.75 Å². The zero-order chi connectivity index (χ0) is 15.8. The van der Waals surface area contributed by atoms with Gasteiger partial charge in [-0.15, -0.1) is 6.42 Å². The molecule has 110 valence electrons. The van der Waals surface area contributed by atoms with E-state index in [4.69, 9.17) is 15.9 Å². The fourth-order valence-electron chi connectivity index (χ4n) is 1.92. The number of carbonyl (C=O) groups excluding carboxylic acids is 1. The van der Waals surface area contributed by atoms with Gasteiger partial charge >= 0.3 is 0 Å². The molecule has 0 aliphatic rings. The maximum Gasteiger partial charge on any atom is 0.297 e. The minimum atomic E-state index is -0.427. The molecule has 0 aliphatic heterocycles. The number of carbonyl (C=O) groups is 1. The van der Waals surface area contributed by atoms with E-state index in [1.54, 1.807) is 7.11 Å². The highest BCUT2D eigenvalue weighted by molar-refractivity contribution is 5.97. The first-order valence-electron chi connectivity index (χ1n) is 6.63. The molecule has 0 fully saturated rings. The van der Waals surface area contributed by atoms with Crippen LogP contribution in [0.2, 0.25) is 0 Å². The molecule has 0 atom stereocenters. The van der Waals surface area contributed by atoms with Gasteiger partial charge in [-0.25, -0.2) is 0 Å². The van der Waals surface area contributed by atoms with Crippen LogP contribution in [0.4, 0.5) is 0 Å². The molecule has 2 rings (SSSR count). The van der Waals surface area contributed by atoms with Gasteiger partial charge in [0.15, 0.2) is 6.79 Å². The average Bonchev–Trinajstić information content (AvgIpc) is 2.56. The summed E-state index contributed by atoms with van der Waals surface area (Å²) in [4.78, 5) is 11.6. The molecule has 2 aromatic carbocycles. The summed E-state index contributed by atoms with van der Waals surface area (Å²) >= 11 is 0. The van der Waals surface area contributed by atoms with Crippen LogP contribution < -0.4 is 10.1 Å². The number of benzene rings is 2. The van der Waals surface area contributed by atoms with Gasteiger partial charge in [-0.3, -0.25) is 4.79 Å². The van der Waals surface area contributed by atoms with E-state index >= 15 is 0 Å². The van der Waals surface area contributed by atoms with Crippen molar-refractivity contribution >= 4 is 16.7 Å². The summed E-state index contributed by atoms with van der Waals surface area (Å²) in [6, 6.07) is 11.5. The normalized spacial score (nSPS) is 9.45. The fourth-order valence-corrected chi connectivity index (χ4v) is 1.92. The fraction of sp³-hybridized carbons (Fsp3) is 0.167.